The van der Waals surface area contributed by atoms with Crippen molar-refractivity contribution in [1.29, 1.82) is 0 Å². The van der Waals surface area contributed by atoms with Crippen LogP contribution in [0.3, 0.4) is 0 Å². The predicted octanol–water partition coefficient (Wildman–Crippen LogP) is 2.76. The average molecular weight is 277 g/mol. The third-order valence-electron chi connectivity index (χ3n) is 3.19. The molecular weight excluding hydrogens is 262 g/mol. The van der Waals surface area contributed by atoms with Crippen molar-refractivity contribution in [2.24, 2.45) is 0 Å². The molecule has 1 heterocycles. The highest BCUT2D eigenvalue weighted by molar-refractivity contribution is 5.80. The molecule has 0 aliphatic heterocycles. The third-order valence-corrected chi connectivity index (χ3v) is 3.19. The van der Waals surface area contributed by atoms with E-state index < -0.39 is 0 Å². The second-order valence-corrected chi connectivity index (χ2v) is 4.87. The Morgan fingerprint density at radius 3 is 2.33 bits per heavy atom. The van der Waals surface area contributed by atoms with Crippen molar-refractivity contribution in [3.63, 3.8) is 0 Å². The molecule has 21 heavy (non-hydrogen) atoms. The maximum atomic E-state index is 12.0. The van der Waals surface area contributed by atoms with Crippen LogP contribution in [-0.2, 0) is 17.8 Å². The molecule has 2 aromatic carbocycles. The van der Waals surface area contributed by atoms with E-state index in [9.17, 15) is 4.79 Å². The zero-order chi connectivity index (χ0) is 14.5. The number of carbonyl (C=O) groups excluding carboxylic acids is 1. The fraction of sp³-hybridized carbons (Fsp3) is 0.118. The maximum Gasteiger partial charge on any atom is 0.158 e. The maximum absolute atomic E-state index is 12.0. The molecule has 0 amide bonds. The molecule has 0 saturated heterocycles. The number of hydrogen-bond donors (Lipinski definition) is 0. The predicted molar refractivity (Wildman–Crippen MR) is 80.6 cm³/mol. The highest BCUT2D eigenvalue weighted by Gasteiger charge is 2.08. The lowest BCUT2D eigenvalue weighted by atomic mass is 10.1. The topological polar surface area (TPSA) is 47.8 Å². The molecule has 0 fully saturated rings. The van der Waals surface area contributed by atoms with Gasteiger partial charge in [0.2, 0.25) is 0 Å². The summed E-state index contributed by atoms with van der Waals surface area (Å²) in [7, 11) is 0. The highest BCUT2D eigenvalue weighted by atomic mass is 16.1. The lowest BCUT2D eigenvalue weighted by Crippen LogP contribution is -2.13. The molecule has 4 nitrogen and oxygen atoms in total. The van der Waals surface area contributed by atoms with Crippen molar-refractivity contribution < 1.29 is 4.79 Å². The molecule has 0 spiro atoms. The first-order valence-corrected chi connectivity index (χ1v) is 6.82. The Morgan fingerprint density at radius 2 is 1.62 bits per heavy atom. The summed E-state index contributed by atoms with van der Waals surface area (Å²) in [5, 5.41) is 8.13. The lowest BCUT2D eigenvalue weighted by Gasteiger charge is -2.00. The highest BCUT2D eigenvalue weighted by Crippen LogP contribution is 2.14. The van der Waals surface area contributed by atoms with Gasteiger partial charge in [0.05, 0.1) is 6.20 Å². The van der Waals surface area contributed by atoms with Crippen molar-refractivity contribution in [3.8, 4) is 11.3 Å². The van der Waals surface area contributed by atoms with Gasteiger partial charge in [0.25, 0.3) is 0 Å². The summed E-state index contributed by atoms with van der Waals surface area (Å²) in [6.45, 7) is 0.245. The molecule has 0 unspecified atom stereocenters. The van der Waals surface area contributed by atoms with Gasteiger partial charge >= 0.3 is 0 Å². The monoisotopic (exact) mass is 277 g/mol. The van der Waals surface area contributed by atoms with Gasteiger partial charge in [0.15, 0.2) is 5.78 Å². The number of benzene rings is 2. The molecule has 0 atom stereocenters. The van der Waals surface area contributed by atoms with Gasteiger partial charge in [-0.2, -0.15) is 0 Å². The minimum Gasteiger partial charge on any atom is -0.297 e. The number of ketones is 1. The van der Waals surface area contributed by atoms with Gasteiger partial charge in [-0.3, -0.25) is 4.79 Å². The minimum atomic E-state index is 0.116. The zero-order valence-electron chi connectivity index (χ0n) is 11.5. The second kappa shape index (κ2) is 6.13. The molecule has 3 aromatic rings. The molecular formula is C17H15N3O. The molecule has 0 saturated carbocycles. The first-order chi connectivity index (χ1) is 10.3. The van der Waals surface area contributed by atoms with Crippen molar-refractivity contribution in [3.05, 3.63) is 72.4 Å². The van der Waals surface area contributed by atoms with Crippen LogP contribution in [0.4, 0.5) is 0 Å². The molecule has 104 valence electrons. The van der Waals surface area contributed by atoms with E-state index in [4.69, 9.17) is 0 Å². The zero-order valence-corrected chi connectivity index (χ0v) is 11.5. The van der Waals surface area contributed by atoms with E-state index in [1.807, 2.05) is 60.7 Å². The van der Waals surface area contributed by atoms with Crippen LogP contribution in [0.5, 0.6) is 0 Å². The Bertz CT molecular complexity index is 720. The number of aromatic nitrogens is 3. The Balaban J connectivity index is 1.66. The smallest absolute Gasteiger partial charge is 0.158 e. The van der Waals surface area contributed by atoms with E-state index in [-0.39, 0.29) is 12.3 Å². The summed E-state index contributed by atoms with van der Waals surface area (Å²) < 4.78 is 1.59. The van der Waals surface area contributed by atoms with E-state index in [0.29, 0.717) is 6.42 Å². The summed E-state index contributed by atoms with van der Waals surface area (Å²) in [5.74, 6) is 0.116. The van der Waals surface area contributed by atoms with E-state index in [0.717, 1.165) is 16.8 Å². The Hall–Kier alpha value is -2.75. The van der Waals surface area contributed by atoms with Crippen molar-refractivity contribution in [2.45, 2.75) is 13.0 Å². The summed E-state index contributed by atoms with van der Waals surface area (Å²) >= 11 is 0. The van der Waals surface area contributed by atoms with Crippen LogP contribution < -0.4 is 0 Å². The van der Waals surface area contributed by atoms with E-state index >= 15 is 0 Å². The number of Topliss-reactive ketones (excluding diaryl/α,β-unsaturated/α-hetero) is 1. The summed E-state index contributed by atoms with van der Waals surface area (Å²) in [5.41, 5.74) is 2.80. The second-order valence-electron chi connectivity index (χ2n) is 4.87. The fourth-order valence-corrected chi connectivity index (χ4v) is 2.18. The SMILES string of the molecule is O=C(Cc1ccccc1)Cn1cc(-c2ccccc2)nn1. The quantitative estimate of drug-likeness (QED) is 0.720. The largest absolute Gasteiger partial charge is 0.297 e. The molecule has 1 aromatic heterocycles. The van der Waals surface area contributed by atoms with Crippen LogP contribution in [0, 0.1) is 0 Å². The van der Waals surface area contributed by atoms with E-state index in [1.54, 1.807) is 10.9 Å². The van der Waals surface area contributed by atoms with E-state index in [1.165, 1.54) is 0 Å². The van der Waals surface area contributed by atoms with Gasteiger partial charge in [-0.25, -0.2) is 4.68 Å². The van der Waals surface area contributed by atoms with Gasteiger partial charge in [-0.05, 0) is 5.56 Å². The first kappa shape index (κ1) is 13.2. The standard InChI is InChI=1S/C17H15N3O/c21-16(11-14-7-3-1-4-8-14)12-20-13-17(18-19-20)15-9-5-2-6-10-15/h1-10,13H,11-12H2. The van der Waals surface area contributed by atoms with E-state index in [2.05, 4.69) is 10.3 Å². The molecule has 0 radical (unpaired) electrons. The number of hydrogen-bond acceptors (Lipinski definition) is 3. The molecule has 0 aliphatic rings. The number of carbonyl (C=O) groups is 1. The van der Waals surface area contributed by atoms with Crippen molar-refractivity contribution in [2.75, 3.05) is 0 Å². The summed E-state index contributed by atoms with van der Waals surface area (Å²) in [6, 6.07) is 19.5. The molecule has 4 heteroatoms. The van der Waals surface area contributed by atoms with Crippen LogP contribution in [-0.4, -0.2) is 20.8 Å². The normalized spacial score (nSPS) is 10.5. The summed E-state index contributed by atoms with van der Waals surface area (Å²) in [6.07, 6.45) is 2.22. The fourth-order valence-electron chi connectivity index (χ4n) is 2.18. The van der Waals surface area contributed by atoms with Crippen molar-refractivity contribution >= 4 is 5.78 Å². The third kappa shape index (κ3) is 3.42. The van der Waals surface area contributed by atoms with Crippen molar-refractivity contribution in [1.82, 2.24) is 15.0 Å². The van der Waals surface area contributed by atoms with Gasteiger partial charge in [0.1, 0.15) is 12.2 Å². The van der Waals surface area contributed by atoms with Crippen LogP contribution in [0.25, 0.3) is 11.3 Å². The first-order valence-electron chi connectivity index (χ1n) is 6.82. The Labute approximate surface area is 123 Å². The van der Waals surface area contributed by atoms with Crippen LogP contribution >= 0.6 is 0 Å². The molecule has 0 N–H and O–H groups in total. The van der Waals surface area contributed by atoms with Crippen LogP contribution in [0.1, 0.15) is 5.56 Å². The average Bonchev–Trinajstić information content (AvgIpc) is 2.97. The minimum absolute atomic E-state index is 0.116. The molecule has 0 aliphatic carbocycles. The Morgan fingerprint density at radius 1 is 0.952 bits per heavy atom. The van der Waals surface area contributed by atoms with Gasteiger partial charge in [0, 0.05) is 12.0 Å². The summed E-state index contributed by atoms with van der Waals surface area (Å²) in [4.78, 5) is 12.0. The van der Waals surface area contributed by atoms with Gasteiger partial charge < -0.3 is 0 Å². The molecule has 3 rings (SSSR count). The Kier molecular flexibility index (Phi) is 3.87. The van der Waals surface area contributed by atoms with Gasteiger partial charge in [-0.1, -0.05) is 65.9 Å². The van der Waals surface area contributed by atoms with Crippen LogP contribution in [0.15, 0.2) is 66.9 Å². The van der Waals surface area contributed by atoms with Gasteiger partial charge in [-0.15, -0.1) is 5.10 Å². The van der Waals surface area contributed by atoms with Crippen LogP contribution in [0.2, 0.25) is 0 Å². The lowest BCUT2D eigenvalue weighted by molar-refractivity contribution is -0.119. The number of nitrogens with zero attached hydrogens (tertiary/aromatic N) is 3. The number of rotatable bonds is 5. The molecule has 0 bridgehead atoms.